The average Bonchev–Trinajstić information content (AvgIpc) is 2.99. The number of carbonyl (C=O) groups excluding carboxylic acids is 1. The van der Waals surface area contributed by atoms with E-state index < -0.39 is 15.9 Å². The number of aryl methyl sites for hydroxylation is 1. The van der Waals surface area contributed by atoms with E-state index >= 15 is 0 Å². The van der Waals surface area contributed by atoms with Crippen molar-refractivity contribution in [2.24, 2.45) is 17.0 Å². The summed E-state index contributed by atoms with van der Waals surface area (Å²) in [6.45, 7) is -0.218. The Morgan fingerprint density at radius 3 is 2.86 bits per heavy atom. The number of aliphatic imine (C=N–C) groups is 1. The number of hydrogen-bond donors (Lipinski definition) is 1. The predicted molar refractivity (Wildman–Crippen MR) is 82.0 cm³/mol. The standard InChI is InChI=1S/C13H12N4O3S2/c1-17-6-7-21-13(17)15-11(18)8-14-12-9-4-2-3-5-10(9)22(19,20)16-12/h2-7H,8H2,1H3,(H,14,16). The highest BCUT2D eigenvalue weighted by Gasteiger charge is 2.30. The van der Waals surface area contributed by atoms with E-state index in [1.54, 1.807) is 36.0 Å². The van der Waals surface area contributed by atoms with Gasteiger partial charge in [-0.15, -0.1) is 11.3 Å². The van der Waals surface area contributed by atoms with E-state index in [-0.39, 0.29) is 17.3 Å². The van der Waals surface area contributed by atoms with Gasteiger partial charge in [-0.3, -0.25) is 14.5 Å². The van der Waals surface area contributed by atoms with Gasteiger partial charge in [0.15, 0.2) is 4.80 Å². The number of nitrogens with one attached hydrogen (secondary N) is 1. The summed E-state index contributed by atoms with van der Waals surface area (Å²) >= 11 is 1.34. The van der Waals surface area contributed by atoms with Crippen molar-refractivity contribution < 1.29 is 13.2 Å². The number of carbonyl (C=O) groups is 1. The van der Waals surface area contributed by atoms with Crippen LogP contribution in [0, 0.1) is 0 Å². The molecule has 2 heterocycles. The molecule has 114 valence electrons. The van der Waals surface area contributed by atoms with Crippen LogP contribution in [0.25, 0.3) is 0 Å². The van der Waals surface area contributed by atoms with Gasteiger partial charge in [-0.1, -0.05) is 12.1 Å². The molecule has 0 saturated carbocycles. The van der Waals surface area contributed by atoms with Crippen molar-refractivity contribution in [3.05, 3.63) is 46.2 Å². The molecule has 0 saturated heterocycles. The minimum absolute atomic E-state index is 0.169. The van der Waals surface area contributed by atoms with Crippen molar-refractivity contribution in [3.8, 4) is 0 Å². The van der Waals surface area contributed by atoms with Crippen LogP contribution in [0.15, 0.2) is 50.7 Å². The van der Waals surface area contributed by atoms with Gasteiger partial charge < -0.3 is 4.57 Å². The van der Waals surface area contributed by atoms with Gasteiger partial charge in [-0.25, -0.2) is 8.42 Å². The van der Waals surface area contributed by atoms with Crippen LogP contribution >= 0.6 is 11.3 Å². The van der Waals surface area contributed by atoms with E-state index in [1.807, 2.05) is 5.38 Å². The number of nitrogens with zero attached hydrogens (tertiary/aromatic N) is 3. The van der Waals surface area contributed by atoms with Crippen molar-refractivity contribution in [2.75, 3.05) is 6.54 Å². The summed E-state index contributed by atoms with van der Waals surface area (Å²) < 4.78 is 27.9. The quantitative estimate of drug-likeness (QED) is 0.852. The number of hydrogen-bond acceptors (Lipinski definition) is 5. The molecule has 1 N–H and O–H groups in total. The van der Waals surface area contributed by atoms with Gasteiger partial charge in [0.25, 0.3) is 15.9 Å². The topological polar surface area (TPSA) is 92.9 Å². The molecule has 1 aromatic carbocycles. The fourth-order valence-electron chi connectivity index (χ4n) is 1.97. The van der Waals surface area contributed by atoms with Crippen molar-refractivity contribution in [3.63, 3.8) is 0 Å². The first-order valence-corrected chi connectivity index (χ1v) is 8.68. The number of amidine groups is 1. The van der Waals surface area contributed by atoms with Gasteiger partial charge in [-0.2, -0.15) is 4.99 Å². The Morgan fingerprint density at radius 2 is 2.14 bits per heavy atom. The second-order valence-corrected chi connectivity index (χ2v) is 7.09. The second-order valence-electron chi connectivity index (χ2n) is 4.57. The second kappa shape index (κ2) is 5.50. The number of sulfonamides is 1. The average molecular weight is 336 g/mol. The molecule has 1 aliphatic heterocycles. The molecule has 3 rings (SSSR count). The van der Waals surface area contributed by atoms with Gasteiger partial charge in [0, 0.05) is 24.2 Å². The number of rotatable bonds is 2. The minimum atomic E-state index is -3.58. The molecule has 9 heteroatoms. The Morgan fingerprint density at radius 1 is 1.36 bits per heavy atom. The summed E-state index contributed by atoms with van der Waals surface area (Å²) in [5.41, 5.74) is 0.469. The van der Waals surface area contributed by atoms with Crippen LogP contribution in [0.2, 0.25) is 0 Å². The van der Waals surface area contributed by atoms with Gasteiger partial charge in [-0.05, 0) is 12.1 Å². The Labute approximate surface area is 130 Å². The number of fused-ring (bicyclic) bond motifs is 1. The van der Waals surface area contributed by atoms with E-state index in [2.05, 4.69) is 14.7 Å². The molecule has 1 aromatic heterocycles. The molecule has 0 aliphatic carbocycles. The number of benzene rings is 1. The lowest BCUT2D eigenvalue weighted by atomic mass is 10.2. The highest BCUT2D eigenvalue weighted by atomic mass is 32.2. The first-order chi connectivity index (χ1) is 10.5. The van der Waals surface area contributed by atoms with Crippen LogP contribution in [0.5, 0.6) is 0 Å². The summed E-state index contributed by atoms with van der Waals surface area (Å²) in [5, 5.41) is 1.82. The monoisotopic (exact) mass is 336 g/mol. The van der Waals surface area contributed by atoms with Crippen molar-refractivity contribution in [1.82, 2.24) is 9.29 Å². The Hall–Kier alpha value is -2.26. The highest BCUT2D eigenvalue weighted by Crippen LogP contribution is 2.21. The zero-order chi connectivity index (χ0) is 15.7. The molecule has 1 aliphatic rings. The first-order valence-electron chi connectivity index (χ1n) is 6.32. The lowest BCUT2D eigenvalue weighted by Crippen LogP contribution is -2.23. The van der Waals surface area contributed by atoms with Crippen molar-refractivity contribution >= 4 is 33.1 Å². The molecule has 0 spiro atoms. The molecule has 0 atom stereocenters. The van der Waals surface area contributed by atoms with Crippen LogP contribution in [0.3, 0.4) is 0 Å². The minimum Gasteiger partial charge on any atom is -0.327 e. The molecule has 1 amide bonds. The normalized spacial score (nSPS) is 18.2. The zero-order valence-corrected chi connectivity index (χ0v) is 13.2. The molecule has 22 heavy (non-hydrogen) atoms. The largest absolute Gasteiger partial charge is 0.327 e. The van der Waals surface area contributed by atoms with Gasteiger partial charge in [0.2, 0.25) is 0 Å². The maximum atomic E-state index is 11.9. The van der Waals surface area contributed by atoms with E-state index in [0.29, 0.717) is 10.4 Å². The van der Waals surface area contributed by atoms with Crippen LogP contribution in [0.1, 0.15) is 5.56 Å². The van der Waals surface area contributed by atoms with Gasteiger partial charge in [0.1, 0.15) is 12.4 Å². The third-order valence-electron chi connectivity index (χ3n) is 3.02. The molecule has 2 aromatic rings. The SMILES string of the molecule is Cn1ccsc1=NC(=O)CN=C1NS(=O)(=O)c2ccccc21. The third-order valence-corrected chi connectivity index (χ3v) is 5.26. The lowest BCUT2D eigenvalue weighted by Gasteiger charge is -1.97. The third kappa shape index (κ3) is 2.72. The molecule has 0 unspecified atom stereocenters. The molecule has 0 fully saturated rings. The zero-order valence-electron chi connectivity index (χ0n) is 11.6. The number of thiazole rings is 1. The van der Waals surface area contributed by atoms with E-state index in [9.17, 15) is 13.2 Å². The smallest absolute Gasteiger partial charge is 0.270 e. The highest BCUT2D eigenvalue weighted by molar-refractivity contribution is 7.90. The molecular weight excluding hydrogens is 324 g/mol. The van der Waals surface area contributed by atoms with Gasteiger partial charge >= 0.3 is 0 Å². The fourth-order valence-corrected chi connectivity index (χ4v) is 3.97. The summed E-state index contributed by atoms with van der Waals surface area (Å²) in [6, 6.07) is 6.50. The van der Waals surface area contributed by atoms with Crippen LogP contribution in [0.4, 0.5) is 0 Å². The number of aromatic nitrogens is 1. The maximum Gasteiger partial charge on any atom is 0.270 e. The molecule has 0 bridgehead atoms. The lowest BCUT2D eigenvalue weighted by molar-refractivity contribution is -0.116. The van der Waals surface area contributed by atoms with Crippen LogP contribution in [-0.4, -0.2) is 31.3 Å². The summed E-state index contributed by atoms with van der Waals surface area (Å²) in [4.78, 5) is 20.6. The molecular formula is C13H12N4O3S2. The number of amides is 1. The van der Waals surface area contributed by atoms with E-state index in [4.69, 9.17) is 0 Å². The Kier molecular flexibility index (Phi) is 3.67. The summed E-state index contributed by atoms with van der Waals surface area (Å²) in [7, 11) is -1.80. The maximum absolute atomic E-state index is 11.9. The van der Waals surface area contributed by atoms with E-state index in [1.165, 1.54) is 17.4 Å². The first kappa shape index (κ1) is 14.7. The van der Waals surface area contributed by atoms with Crippen LogP contribution in [-0.2, 0) is 21.9 Å². The Bertz CT molecular complexity index is 938. The predicted octanol–water partition coefficient (Wildman–Crippen LogP) is 0.253. The van der Waals surface area contributed by atoms with Crippen molar-refractivity contribution in [1.29, 1.82) is 0 Å². The molecule has 7 nitrogen and oxygen atoms in total. The summed E-state index contributed by atoms with van der Waals surface area (Å²) in [5.74, 6) is -0.260. The van der Waals surface area contributed by atoms with Crippen molar-refractivity contribution in [2.45, 2.75) is 4.90 Å². The Balaban J connectivity index is 1.86. The van der Waals surface area contributed by atoms with Gasteiger partial charge in [0.05, 0.1) is 4.90 Å². The molecule has 0 radical (unpaired) electrons. The van der Waals surface area contributed by atoms with E-state index in [0.717, 1.165) is 0 Å². The summed E-state index contributed by atoms with van der Waals surface area (Å²) in [6.07, 6.45) is 1.80. The van der Waals surface area contributed by atoms with Crippen LogP contribution < -0.4 is 9.52 Å². The fraction of sp³-hybridized carbons (Fsp3) is 0.154.